The highest BCUT2D eigenvalue weighted by Crippen LogP contribution is 2.23. The zero-order chi connectivity index (χ0) is 11.6. The minimum Gasteiger partial charge on any atom is -0.444 e. The second-order valence-corrected chi connectivity index (χ2v) is 4.60. The van der Waals surface area contributed by atoms with Crippen LogP contribution in [0.1, 0.15) is 27.2 Å². The third-order valence-electron chi connectivity index (χ3n) is 2.13. The molecule has 0 aromatic carbocycles. The van der Waals surface area contributed by atoms with Crippen LogP contribution in [0.15, 0.2) is 0 Å². The van der Waals surface area contributed by atoms with Gasteiger partial charge < -0.3 is 9.47 Å². The monoisotopic (exact) mass is 219 g/mol. The fourth-order valence-corrected chi connectivity index (χ4v) is 1.52. The van der Waals surface area contributed by atoms with Crippen molar-refractivity contribution in [3.05, 3.63) is 0 Å². The van der Waals surface area contributed by atoms with E-state index < -0.39 is 24.1 Å². The number of methoxy groups -OCH3 is 1. The minimum absolute atomic E-state index is 0.303. The number of alkyl halides is 1. The first-order valence-corrected chi connectivity index (χ1v) is 5.01. The van der Waals surface area contributed by atoms with E-state index in [1.807, 2.05) is 0 Å². The molecule has 1 heterocycles. The molecule has 0 aliphatic carbocycles. The Morgan fingerprint density at radius 2 is 2.07 bits per heavy atom. The largest absolute Gasteiger partial charge is 0.444 e. The third kappa shape index (κ3) is 3.06. The zero-order valence-corrected chi connectivity index (χ0v) is 9.62. The van der Waals surface area contributed by atoms with Gasteiger partial charge in [0.2, 0.25) is 0 Å². The summed E-state index contributed by atoms with van der Waals surface area (Å²) in [5.74, 6) is 0. The number of nitrogens with zero attached hydrogens (tertiary/aromatic N) is 1. The maximum Gasteiger partial charge on any atom is 0.412 e. The van der Waals surface area contributed by atoms with Gasteiger partial charge in [0.05, 0.1) is 0 Å². The summed E-state index contributed by atoms with van der Waals surface area (Å²) in [6.07, 6.45) is -2.14. The van der Waals surface area contributed by atoms with E-state index in [-0.39, 0.29) is 0 Å². The van der Waals surface area contributed by atoms with Crippen molar-refractivity contribution in [2.45, 2.75) is 45.2 Å². The van der Waals surface area contributed by atoms with Crippen LogP contribution in [0, 0.1) is 0 Å². The molecule has 0 N–H and O–H groups in total. The summed E-state index contributed by atoms with van der Waals surface area (Å²) in [6, 6.07) is 0. The van der Waals surface area contributed by atoms with Gasteiger partial charge in [0.1, 0.15) is 11.8 Å². The Morgan fingerprint density at radius 3 is 2.53 bits per heavy atom. The van der Waals surface area contributed by atoms with E-state index >= 15 is 0 Å². The standard InChI is InChI=1S/C10H18FNO3/c1-10(2,3)15-9(13)12-6-5-7(11)8(12)14-4/h7-8H,5-6H2,1-4H3. The number of hydrogen-bond donors (Lipinski definition) is 0. The molecule has 0 bridgehead atoms. The van der Waals surface area contributed by atoms with Crippen molar-refractivity contribution in [2.75, 3.05) is 13.7 Å². The van der Waals surface area contributed by atoms with Crippen molar-refractivity contribution >= 4 is 6.09 Å². The molecule has 1 rings (SSSR count). The van der Waals surface area contributed by atoms with E-state index in [9.17, 15) is 9.18 Å². The lowest BCUT2D eigenvalue weighted by Gasteiger charge is -2.28. The fraction of sp³-hybridized carbons (Fsp3) is 0.900. The lowest BCUT2D eigenvalue weighted by Crippen LogP contribution is -2.42. The third-order valence-corrected chi connectivity index (χ3v) is 2.13. The van der Waals surface area contributed by atoms with Gasteiger partial charge in [0.25, 0.3) is 0 Å². The maximum atomic E-state index is 13.3. The molecular weight excluding hydrogens is 201 g/mol. The first kappa shape index (κ1) is 12.2. The van der Waals surface area contributed by atoms with Gasteiger partial charge in [-0.25, -0.2) is 9.18 Å². The number of likely N-dealkylation sites (tertiary alicyclic amines) is 1. The molecule has 88 valence electrons. The molecule has 2 atom stereocenters. The molecular formula is C10H18FNO3. The smallest absolute Gasteiger partial charge is 0.412 e. The van der Waals surface area contributed by atoms with Crippen LogP contribution >= 0.6 is 0 Å². The molecule has 1 saturated heterocycles. The Kier molecular flexibility index (Phi) is 3.54. The summed E-state index contributed by atoms with van der Waals surface area (Å²) in [4.78, 5) is 12.9. The van der Waals surface area contributed by atoms with Gasteiger partial charge in [-0.05, 0) is 20.8 Å². The summed E-state index contributed by atoms with van der Waals surface area (Å²) in [7, 11) is 1.39. The topological polar surface area (TPSA) is 38.8 Å². The summed E-state index contributed by atoms with van der Waals surface area (Å²) in [6.45, 7) is 5.66. The quantitative estimate of drug-likeness (QED) is 0.676. The predicted molar refractivity (Wildman–Crippen MR) is 53.3 cm³/mol. The lowest BCUT2D eigenvalue weighted by molar-refractivity contribution is -0.0520. The van der Waals surface area contributed by atoms with Crippen LogP contribution in [0.25, 0.3) is 0 Å². The minimum atomic E-state index is -1.12. The number of carbonyl (C=O) groups is 1. The molecule has 5 heteroatoms. The van der Waals surface area contributed by atoms with Crippen LogP contribution in [0.5, 0.6) is 0 Å². The van der Waals surface area contributed by atoms with E-state index in [4.69, 9.17) is 9.47 Å². The first-order chi connectivity index (χ1) is 6.85. The van der Waals surface area contributed by atoms with Gasteiger partial charge in [0.15, 0.2) is 6.23 Å². The van der Waals surface area contributed by atoms with Gasteiger partial charge in [-0.2, -0.15) is 0 Å². The Hall–Kier alpha value is -0.840. The highest BCUT2D eigenvalue weighted by Gasteiger charge is 2.39. The van der Waals surface area contributed by atoms with Crippen molar-refractivity contribution < 1.29 is 18.7 Å². The van der Waals surface area contributed by atoms with Crippen molar-refractivity contribution in [3.8, 4) is 0 Å². The zero-order valence-electron chi connectivity index (χ0n) is 9.62. The SMILES string of the molecule is COC1C(F)CCN1C(=O)OC(C)(C)C. The van der Waals surface area contributed by atoms with Crippen molar-refractivity contribution in [1.82, 2.24) is 4.90 Å². The molecule has 1 aliphatic heterocycles. The van der Waals surface area contributed by atoms with Crippen molar-refractivity contribution in [3.63, 3.8) is 0 Å². The average molecular weight is 219 g/mol. The Bertz CT molecular complexity index is 239. The molecule has 0 saturated carbocycles. The molecule has 1 aliphatic rings. The van der Waals surface area contributed by atoms with Gasteiger partial charge >= 0.3 is 6.09 Å². The molecule has 1 amide bonds. The summed E-state index contributed by atoms with van der Waals surface area (Å²) < 4.78 is 23.3. The number of amides is 1. The van der Waals surface area contributed by atoms with Gasteiger partial charge in [-0.3, -0.25) is 4.90 Å². The molecule has 1 fully saturated rings. The summed E-state index contributed by atoms with van der Waals surface area (Å²) in [5.41, 5.74) is -0.566. The molecule has 0 aromatic rings. The first-order valence-electron chi connectivity index (χ1n) is 5.01. The fourth-order valence-electron chi connectivity index (χ4n) is 1.52. The molecule has 0 radical (unpaired) electrons. The van der Waals surface area contributed by atoms with Gasteiger partial charge in [0, 0.05) is 20.1 Å². The summed E-state index contributed by atoms with van der Waals surface area (Å²) in [5, 5.41) is 0. The maximum absolute atomic E-state index is 13.3. The molecule has 0 aromatic heterocycles. The normalized spacial score (nSPS) is 26.9. The number of hydrogen-bond acceptors (Lipinski definition) is 3. The van der Waals surface area contributed by atoms with Crippen LogP contribution in [0.4, 0.5) is 9.18 Å². The Morgan fingerprint density at radius 1 is 1.47 bits per heavy atom. The molecule has 2 unspecified atom stereocenters. The van der Waals surface area contributed by atoms with Crippen LogP contribution in [-0.4, -0.2) is 42.6 Å². The van der Waals surface area contributed by atoms with E-state index in [2.05, 4.69) is 0 Å². The van der Waals surface area contributed by atoms with Crippen LogP contribution in [0.2, 0.25) is 0 Å². The number of carbonyl (C=O) groups excluding carboxylic acids is 1. The highest BCUT2D eigenvalue weighted by molar-refractivity contribution is 5.68. The average Bonchev–Trinajstić information content (AvgIpc) is 2.43. The van der Waals surface area contributed by atoms with Gasteiger partial charge in [-0.1, -0.05) is 0 Å². The number of halogens is 1. The Balaban J connectivity index is 2.60. The number of rotatable bonds is 1. The van der Waals surface area contributed by atoms with E-state index in [1.165, 1.54) is 12.0 Å². The molecule has 15 heavy (non-hydrogen) atoms. The van der Waals surface area contributed by atoms with Gasteiger partial charge in [-0.15, -0.1) is 0 Å². The van der Waals surface area contributed by atoms with E-state index in [0.29, 0.717) is 13.0 Å². The van der Waals surface area contributed by atoms with Crippen LogP contribution in [0.3, 0.4) is 0 Å². The van der Waals surface area contributed by atoms with E-state index in [0.717, 1.165) is 0 Å². The van der Waals surface area contributed by atoms with E-state index in [1.54, 1.807) is 20.8 Å². The predicted octanol–water partition coefficient (Wildman–Crippen LogP) is 1.94. The lowest BCUT2D eigenvalue weighted by atomic mass is 10.2. The second kappa shape index (κ2) is 4.35. The molecule has 0 spiro atoms. The van der Waals surface area contributed by atoms with Crippen molar-refractivity contribution in [2.24, 2.45) is 0 Å². The molecule has 4 nitrogen and oxygen atoms in total. The van der Waals surface area contributed by atoms with Crippen molar-refractivity contribution in [1.29, 1.82) is 0 Å². The Labute approximate surface area is 89.3 Å². The second-order valence-electron chi connectivity index (χ2n) is 4.60. The highest BCUT2D eigenvalue weighted by atomic mass is 19.1. The van der Waals surface area contributed by atoms with Crippen LogP contribution in [-0.2, 0) is 9.47 Å². The van der Waals surface area contributed by atoms with Crippen LogP contribution < -0.4 is 0 Å². The number of ether oxygens (including phenoxy) is 2. The summed E-state index contributed by atoms with van der Waals surface area (Å²) >= 11 is 0.